The number of amides is 3. The minimum absolute atomic E-state index is 0.0234. The van der Waals surface area contributed by atoms with Crippen molar-refractivity contribution in [2.45, 2.75) is 46.6 Å². The zero-order valence-electron chi connectivity index (χ0n) is 15.8. The molecule has 3 amide bonds. The van der Waals surface area contributed by atoms with Crippen LogP contribution in [0.1, 0.15) is 35.8 Å². The van der Waals surface area contributed by atoms with Gasteiger partial charge in [0.1, 0.15) is 5.76 Å². The van der Waals surface area contributed by atoms with Gasteiger partial charge in [-0.2, -0.15) is 0 Å². The second kappa shape index (κ2) is 9.08. The average Bonchev–Trinajstić information content (AvgIpc) is 3.08. The quantitative estimate of drug-likeness (QED) is 0.709. The van der Waals surface area contributed by atoms with E-state index in [9.17, 15) is 9.59 Å². The fourth-order valence-corrected chi connectivity index (χ4v) is 2.88. The number of hydrogen-bond acceptors (Lipinski definition) is 3. The van der Waals surface area contributed by atoms with Gasteiger partial charge in [0.2, 0.25) is 5.91 Å². The van der Waals surface area contributed by atoms with Crippen LogP contribution in [0.5, 0.6) is 0 Å². The number of aryl methyl sites for hydroxylation is 4. The predicted octanol–water partition coefficient (Wildman–Crippen LogP) is 3.46. The molecule has 3 N–H and O–H groups in total. The van der Waals surface area contributed by atoms with Crippen LogP contribution in [-0.2, 0) is 11.2 Å². The van der Waals surface area contributed by atoms with Crippen LogP contribution < -0.4 is 16.0 Å². The van der Waals surface area contributed by atoms with Crippen LogP contribution in [0.25, 0.3) is 0 Å². The monoisotopic (exact) mass is 357 g/mol. The molecule has 140 valence electrons. The van der Waals surface area contributed by atoms with Crippen LogP contribution in [-0.4, -0.2) is 24.5 Å². The normalized spacial score (nSPS) is 11.7. The number of benzene rings is 1. The lowest BCUT2D eigenvalue weighted by molar-refractivity contribution is -0.115. The SMILES string of the molecule is Cc1cc(C)c(NC(=O)CNC(=O)N[C@@H](C)CCc2ccco2)c(C)c1. The van der Waals surface area contributed by atoms with Crippen LogP contribution >= 0.6 is 0 Å². The molecule has 0 aliphatic rings. The van der Waals surface area contributed by atoms with Crippen LogP contribution in [0, 0.1) is 20.8 Å². The van der Waals surface area contributed by atoms with Gasteiger partial charge >= 0.3 is 6.03 Å². The van der Waals surface area contributed by atoms with Crippen molar-refractivity contribution in [3.63, 3.8) is 0 Å². The van der Waals surface area contributed by atoms with E-state index >= 15 is 0 Å². The Morgan fingerprint density at radius 3 is 2.46 bits per heavy atom. The standard InChI is InChI=1S/C20H27N3O3/c1-13-10-14(2)19(15(3)11-13)23-18(24)12-21-20(25)22-16(4)7-8-17-6-5-9-26-17/h5-6,9-11,16H,7-8,12H2,1-4H3,(H,23,24)(H2,21,22,25)/t16-/m0/s1. The third kappa shape index (κ3) is 5.95. The first-order chi connectivity index (χ1) is 12.3. The Hall–Kier alpha value is -2.76. The van der Waals surface area contributed by atoms with E-state index in [0.717, 1.165) is 41.0 Å². The highest BCUT2D eigenvalue weighted by molar-refractivity contribution is 5.95. The first-order valence-electron chi connectivity index (χ1n) is 8.79. The first kappa shape index (κ1) is 19.6. The van der Waals surface area contributed by atoms with Crippen molar-refractivity contribution < 1.29 is 14.0 Å². The molecule has 1 aromatic carbocycles. The maximum absolute atomic E-state index is 12.1. The van der Waals surface area contributed by atoms with E-state index in [-0.39, 0.29) is 24.5 Å². The molecule has 6 heteroatoms. The average molecular weight is 357 g/mol. The number of nitrogens with one attached hydrogen (secondary N) is 3. The molecule has 0 radical (unpaired) electrons. The third-order valence-electron chi connectivity index (χ3n) is 4.13. The number of urea groups is 1. The topological polar surface area (TPSA) is 83.4 Å². The van der Waals surface area contributed by atoms with Crippen molar-refractivity contribution >= 4 is 17.6 Å². The lowest BCUT2D eigenvalue weighted by atomic mass is 10.1. The van der Waals surface area contributed by atoms with Crippen molar-refractivity contribution in [2.24, 2.45) is 0 Å². The summed E-state index contributed by atoms with van der Waals surface area (Å²) in [6.45, 7) is 7.77. The van der Waals surface area contributed by atoms with E-state index in [1.807, 2.05) is 52.0 Å². The number of carbonyl (C=O) groups excluding carboxylic acids is 2. The highest BCUT2D eigenvalue weighted by Crippen LogP contribution is 2.21. The lowest BCUT2D eigenvalue weighted by Crippen LogP contribution is -2.43. The number of rotatable bonds is 7. The summed E-state index contributed by atoms with van der Waals surface area (Å²) in [4.78, 5) is 24.0. The van der Waals surface area contributed by atoms with Gasteiger partial charge in [-0.15, -0.1) is 0 Å². The summed E-state index contributed by atoms with van der Waals surface area (Å²) < 4.78 is 5.27. The van der Waals surface area contributed by atoms with E-state index in [4.69, 9.17) is 4.42 Å². The van der Waals surface area contributed by atoms with Gasteiger partial charge in [0.15, 0.2) is 0 Å². The zero-order chi connectivity index (χ0) is 19.1. The summed E-state index contributed by atoms with van der Waals surface area (Å²) in [7, 11) is 0. The molecule has 6 nitrogen and oxygen atoms in total. The third-order valence-corrected chi connectivity index (χ3v) is 4.13. The summed E-state index contributed by atoms with van der Waals surface area (Å²) >= 11 is 0. The molecule has 2 aromatic rings. The number of hydrogen-bond donors (Lipinski definition) is 3. The highest BCUT2D eigenvalue weighted by Gasteiger charge is 2.11. The Labute approximate surface area is 154 Å². The molecule has 0 saturated heterocycles. The zero-order valence-corrected chi connectivity index (χ0v) is 15.8. The Bertz CT molecular complexity index is 731. The molecule has 2 rings (SSSR count). The van der Waals surface area contributed by atoms with Crippen molar-refractivity contribution in [3.8, 4) is 0 Å². The fraction of sp³-hybridized carbons (Fsp3) is 0.400. The molecular weight excluding hydrogens is 330 g/mol. The molecular formula is C20H27N3O3. The second-order valence-corrected chi connectivity index (χ2v) is 6.67. The Kier molecular flexibility index (Phi) is 6.83. The number of carbonyl (C=O) groups is 2. The van der Waals surface area contributed by atoms with E-state index in [1.165, 1.54) is 0 Å². The Morgan fingerprint density at radius 2 is 1.85 bits per heavy atom. The van der Waals surface area contributed by atoms with Gasteiger partial charge in [0, 0.05) is 18.2 Å². The summed E-state index contributed by atoms with van der Waals surface area (Å²) in [5, 5.41) is 8.28. The van der Waals surface area contributed by atoms with Crippen LogP contribution in [0.4, 0.5) is 10.5 Å². The minimum atomic E-state index is -0.357. The molecule has 0 unspecified atom stereocenters. The molecule has 26 heavy (non-hydrogen) atoms. The molecule has 0 aliphatic heterocycles. The first-order valence-corrected chi connectivity index (χ1v) is 8.79. The number of anilines is 1. The molecule has 1 aromatic heterocycles. The van der Waals surface area contributed by atoms with Gasteiger partial charge in [-0.1, -0.05) is 17.7 Å². The summed E-state index contributed by atoms with van der Waals surface area (Å²) in [6.07, 6.45) is 3.14. The van der Waals surface area contributed by atoms with E-state index in [2.05, 4.69) is 16.0 Å². The van der Waals surface area contributed by atoms with Gasteiger partial charge in [-0.05, 0) is 57.4 Å². The van der Waals surface area contributed by atoms with Gasteiger partial charge in [0.25, 0.3) is 0 Å². The van der Waals surface area contributed by atoms with Gasteiger partial charge in [-0.3, -0.25) is 4.79 Å². The Balaban J connectivity index is 1.73. The number of furan rings is 1. The molecule has 1 atom stereocenters. The van der Waals surface area contributed by atoms with E-state index in [0.29, 0.717) is 0 Å². The lowest BCUT2D eigenvalue weighted by Gasteiger charge is -2.15. The van der Waals surface area contributed by atoms with Gasteiger partial charge in [-0.25, -0.2) is 4.79 Å². The van der Waals surface area contributed by atoms with Gasteiger partial charge in [0.05, 0.1) is 12.8 Å². The van der Waals surface area contributed by atoms with Crippen molar-refractivity contribution in [1.29, 1.82) is 0 Å². The molecule has 0 aliphatic carbocycles. The van der Waals surface area contributed by atoms with Crippen molar-refractivity contribution in [1.82, 2.24) is 10.6 Å². The van der Waals surface area contributed by atoms with Crippen LogP contribution in [0.15, 0.2) is 34.9 Å². The maximum Gasteiger partial charge on any atom is 0.315 e. The van der Waals surface area contributed by atoms with Crippen molar-refractivity contribution in [2.75, 3.05) is 11.9 Å². The van der Waals surface area contributed by atoms with Gasteiger partial charge < -0.3 is 20.4 Å². The summed E-state index contributed by atoms with van der Waals surface area (Å²) in [6, 6.07) is 7.41. The molecule has 0 spiro atoms. The summed E-state index contributed by atoms with van der Waals surface area (Å²) in [5.41, 5.74) is 3.97. The predicted molar refractivity (Wildman–Crippen MR) is 102 cm³/mol. The van der Waals surface area contributed by atoms with Crippen molar-refractivity contribution in [3.05, 3.63) is 53.0 Å². The fourth-order valence-electron chi connectivity index (χ4n) is 2.88. The van der Waals surface area contributed by atoms with E-state index in [1.54, 1.807) is 6.26 Å². The van der Waals surface area contributed by atoms with Crippen LogP contribution in [0.3, 0.4) is 0 Å². The molecule has 1 heterocycles. The minimum Gasteiger partial charge on any atom is -0.469 e. The maximum atomic E-state index is 12.1. The highest BCUT2D eigenvalue weighted by atomic mass is 16.3. The Morgan fingerprint density at radius 1 is 1.15 bits per heavy atom. The van der Waals surface area contributed by atoms with Crippen LogP contribution in [0.2, 0.25) is 0 Å². The summed E-state index contributed by atoms with van der Waals surface area (Å²) in [5.74, 6) is 0.640. The smallest absolute Gasteiger partial charge is 0.315 e. The largest absolute Gasteiger partial charge is 0.469 e. The second-order valence-electron chi connectivity index (χ2n) is 6.67. The molecule has 0 fully saturated rings. The molecule has 0 bridgehead atoms. The van der Waals surface area contributed by atoms with E-state index < -0.39 is 0 Å². The molecule has 0 saturated carbocycles.